The molecule has 4 nitrogen and oxygen atoms in total. The molecule has 0 aliphatic heterocycles. The minimum Gasteiger partial charge on any atom is -0.496 e. The number of hydrogen-bond acceptors (Lipinski definition) is 4. The molecule has 2 aromatic rings. The fourth-order valence-electron chi connectivity index (χ4n) is 4.42. The zero-order valence-corrected chi connectivity index (χ0v) is 18.6. The van der Waals surface area contributed by atoms with Gasteiger partial charge < -0.3 is 4.74 Å². The average Bonchev–Trinajstić information content (AvgIpc) is 2.77. The van der Waals surface area contributed by atoms with E-state index in [-0.39, 0.29) is 17.6 Å². The molecule has 1 saturated carbocycles. The molecule has 0 amide bonds. The van der Waals surface area contributed by atoms with Crippen molar-refractivity contribution in [1.82, 2.24) is 4.90 Å². The summed E-state index contributed by atoms with van der Waals surface area (Å²) in [5, 5.41) is 0. The lowest BCUT2D eigenvalue weighted by Crippen LogP contribution is -2.38. The lowest BCUT2D eigenvalue weighted by atomic mass is 9.83. The van der Waals surface area contributed by atoms with Crippen molar-refractivity contribution in [2.24, 2.45) is 0 Å². The van der Waals surface area contributed by atoms with Crippen LogP contribution in [0.1, 0.15) is 76.8 Å². The van der Waals surface area contributed by atoms with Crippen LogP contribution >= 0.6 is 0 Å². The molecule has 0 saturated heterocycles. The van der Waals surface area contributed by atoms with E-state index in [1.54, 1.807) is 20.1 Å². The van der Waals surface area contributed by atoms with E-state index >= 15 is 0 Å². The number of carbonyl (C=O) groups is 2. The first kappa shape index (κ1) is 22.2. The van der Waals surface area contributed by atoms with E-state index in [9.17, 15) is 9.59 Å². The molecular weight excluding hydrogens is 374 g/mol. The van der Waals surface area contributed by atoms with Crippen molar-refractivity contribution in [2.45, 2.75) is 57.4 Å². The number of likely N-dealkylation sites (N-methyl/N-ethyl adjacent to an activating group) is 1. The summed E-state index contributed by atoms with van der Waals surface area (Å²) in [5.41, 5.74) is 3.59. The number of Topliss-reactive ketones (excluding diaryl/α,β-unsaturated/α-hetero) is 2. The van der Waals surface area contributed by atoms with Crippen molar-refractivity contribution >= 4 is 11.6 Å². The van der Waals surface area contributed by atoms with Crippen LogP contribution in [0.4, 0.5) is 0 Å². The van der Waals surface area contributed by atoms with Crippen LogP contribution < -0.4 is 4.74 Å². The number of carbonyl (C=O) groups excluding carboxylic acids is 2. The fourth-order valence-corrected chi connectivity index (χ4v) is 4.42. The van der Waals surface area contributed by atoms with E-state index in [1.165, 1.54) is 37.7 Å². The maximum absolute atomic E-state index is 13.3. The summed E-state index contributed by atoms with van der Waals surface area (Å²) in [6, 6.07) is 13.3. The van der Waals surface area contributed by atoms with Crippen LogP contribution in [0.25, 0.3) is 0 Å². The Balaban J connectivity index is 1.82. The van der Waals surface area contributed by atoms with E-state index in [0.29, 0.717) is 23.7 Å². The van der Waals surface area contributed by atoms with Gasteiger partial charge in [-0.15, -0.1) is 0 Å². The number of benzene rings is 2. The van der Waals surface area contributed by atoms with Crippen molar-refractivity contribution in [3.63, 3.8) is 0 Å². The van der Waals surface area contributed by atoms with Crippen molar-refractivity contribution in [1.29, 1.82) is 0 Å². The Morgan fingerprint density at radius 3 is 2.20 bits per heavy atom. The van der Waals surface area contributed by atoms with Gasteiger partial charge in [0.25, 0.3) is 0 Å². The van der Waals surface area contributed by atoms with Gasteiger partial charge in [-0.25, -0.2) is 0 Å². The van der Waals surface area contributed by atoms with Crippen LogP contribution in [0.15, 0.2) is 42.5 Å². The Morgan fingerprint density at radius 2 is 1.63 bits per heavy atom. The summed E-state index contributed by atoms with van der Waals surface area (Å²) in [7, 11) is 5.45. The van der Waals surface area contributed by atoms with Crippen LogP contribution in [-0.4, -0.2) is 43.7 Å². The molecule has 0 radical (unpaired) electrons. The number of nitrogens with zero attached hydrogens (tertiary/aromatic N) is 1. The zero-order chi connectivity index (χ0) is 21.7. The standard InChI is InChI=1S/C26H33NO3/c1-18(28)22-14-15-25(30-4)23(16-22)17-24(27(2)3)26(29)21-12-10-20(11-13-21)19-8-6-5-7-9-19/h10-16,19,24H,5-9,17H2,1-4H3. The monoisotopic (exact) mass is 407 g/mol. The minimum atomic E-state index is -0.332. The number of methoxy groups -OCH3 is 1. The summed E-state index contributed by atoms with van der Waals surface area (Å²) in [6.07, 6.45) is 6.93. The maximum atomic E-state index is 13.3. The van der Waals surface area contributed by atoms with Gasteiger partial charge in [0, 0.05) is 11.1 Å². The summed E-state index contributed by atoms with van der Waals surface area (Å²) in [5.74, 6) is 1.42. The molecule has 2 aromatic carbocycles. The van der Waals surface area contributed by atoms with Gasteiger partial charge in [-0.3, -0.25) is 14.5 Å². The summed E-state index contributed by atoms with van der Waals surface area (Å²) < 4.78 is 5.49. The number of rotatable bonds is 8. The maximum Gasteiger partial charge on any atom is 0.180 e. The highest BCUT2D eigenvalue weighted by Gasteiger charge is 2.25. The van der Waals surface area contributed by atoms with Gasteiger partial charge >= 0.3 is 0 Å². The molecule has 0 heterocycles. The molecule has 1 unspecified atom stereocenters. The fraction of sp³-hybridized carbons (Fsp3) is 0.462. The smallest absolute Gasteiger partial charge is 0.180 e. The molecule has 3 rings (SSSR count). The number of hydrogen-bond donors (Lipinski definition) is 0. The predicted octanol–water partition coefficient (Wildman–Crippen LogP) is 5.30. The highest BCUT2D eigenvalue weighted by atomic mass is 16.5. The van der Waals surface area contributed by atoms with E-state index in [1.807, 2.05) is 43.3 Å². The molecular formula is C26H33NO3. The molecule has 0 aromatic heterocycles. The minimum absolute atomic E-state index is 0.00457. The first-order valence-electron chi connectivity index (χ1n) is 10.9. The molecule has 1 aliphatic rings. The quantitative estimate of drug-likeness (QED) is 0.557. The highest BCUT2D eigenvalue weighted by Crippen LogP contribution is 2.33. The Bertz CT molecular complexity index is 880. The second-order valence-electron chi connectivity index (χ2n) is 8.59. The normalized spacial score (nSPS) is 15.8. The van der Waals surface area contributed by atoms with Gasteiger partial charge in [-0.1, -0.05) is 43.5 Å². The topological polar surface area (TPSA) is 46.6 Å². The third-order valence-electron chi connectivity index (χ3n) is 6.30. The van der Waals surface area contributed by atoms with Crippen LogP contribution in [0.3, 0.4) is 0 Å². The second kappa shape index (κ2) is 10.0. The molecule has 30 heavy (non-hydrogen) atoms. The zero-order valence-electron chi connectivity index (χ0n) is 18.6. The molecule has 1 aliphatic carbocycles. The van der Waals surface area contributed by atoms with Crippen molar-refractivity contribution in [2.75, 3.05) is 21.2 Å². The first-order chi connectivity index (χ1) is 14.4. The third kappa shape index (κ3) is 5.17. The van der Waals surface area contributed by atoms with Gasteiger partial charge in [0.2, 0.25) is 0 Å². The molecule has 1 atom stereocenters. The molecule has 4 heteroatoms. The predicted molar refractivity (Wildman–Crippen MR) is 121 cm³/mol. The summed E-state index contributed by atoms with van der Waals surface area (Å²) >= 11 is 0. The average molecular weight is 408 g/mol. The van der Waals surface area contributed by atoms with Crippen molar-refractivity contribution in [3.8, 4) is 5.75 Å². The third-order valence-corrected chi connectivity index (χ3v) is 6.30. The Morgan fingerprint density at radius 1 is 1.00 bits per heavy atom. The largest absolute Gasteiger partial charge is 0.496 e. The number of ketones is 2. The molecule has 0 spiro atoms. The molecule has 160 valence electrons. The van der Waals surface area contributed by atoms with Gasteiger partial charge in [-0.05, 0) is 75.5 Å². The van der Waals surface area contributed by atoms with Crippen molar-refractivity contribution < 1.29 is 14.3 Å². The van der Waals surface area contributed by atoms with Crippen LogP contribution in [0, 0.1) is 0 Å². The van der Waals surface area contributed by atoms with E-state index < -0.39 is 0 Å². The van der Waals surface area contributed by atoms with Crippen molar-refractivity contribution in [3.05, 3.63) is 64.7 Å². The van der Waals surface area contributed by atoms with Gasteiger partial charge in [0.1, 0.15) is 5.75 Å². The lowest BCUT2D eigenvalue weighted by Gasteiger charge is -2.25. The van der Waals surface area contributed by atoms with Gasteiger partial charge in [-0.2, -0.15) is 0 Å². The summed E-state index contributed by atoms with van der Waals surface area (Å²) in [4.78, 5) is 27.1. The second-order valence-corrected chi connectivity index (χ2v) is 8.59. The molecule has 1 fully saturated rings. The van der Waals surface area contributed by atoms with Crippen LogP contribution in [0.5, 0.6) is 5.75 Å². The Kier molecular flexibility index (Phi) is 7.43. The number of ether oxygens (including phenoxy) is 1. The van der Waals surface area contributed by atoms with E-state index in [0.717, 1.165) is 11.1 Å². The first-order valence-corrected chi connectivity index (χ1v) is 10.9. The van der Waals surface area contributed by atoms with Crippen LogP contribution in [-0.2, 0) is 6.42 Å². The Labute approximate surface area is 180 Å². The lowest BCUT2D eigenvalue weighted by molar-refractivity contribution is 0.0874. The van der Waals surface area contributed by atoms with E-state index in [2.05, 4.69) is 12.1 Å². The molecule has 0 N–H and O–H groups in total. The summed E-state index contributed by atoms with van der Waals surface area (Å²) in [6.45, 7) is 1.55. The SMILES string of the molecule is COc1ccc(C(C)=O)cc1CC(C(=O)c1ccc(C2CCCCC2)cc1)N(C)C. The molecule has 0 bridgehead atoms. The van der Waals surface area contributed by atoms with E-state index in [4.69, 9.17) is 4.74 Å². The van der Waals surface area contributed by atoms with Gasteiger partial charge in [0.15, 0.2) is 11.6 Å². The van der Waals surface area contributed by atoms with Gasteiger partial charge in [0.05, 0.1) is 13.2 Å². The highest BCUT2D eigenvalue weighted by molar-refractivity contribution is 6.00. The Hall–Kier alpha value is -2.46. The van der Waals surface area contributed by atoms with Crippen LogP contribution in [0.2, 0.25) is 0 Å².